The highest BCUT2D eigenvalue weighted by Gasteiger charge is 2.04. The first-order valence-electron chi connectivity index (χ1n) is 7.78. The average Bonchev–Trinajstić information content (AvgIpc) is 2.58. The zero-order chi connectivity index (χ0) is 16.9. The van der Waals surface area contributed by atoms with Crippen LogP contribution in [0, 0.1) is 0 Å². The van der Waals surface area contributed by atoms with Crippen molar-refractivity contribution in [1.82, 2.24) is 0 Å². The smallest absolute Gasteiger partial charge is 0.0929 e. The summed E-state index contributed by atoms with van der Waals surface area (Å²) in [6.45, 7) is 4.89. The van der Waals surface area contributed by atoms with Gasteiger partial charge in [-0.15, -0.1) is 0 Å². The molecule has 0 heterocycles. The Morgan fingerprint density at radius 3 is 2.30 bits per heavy atom. The average molecular weight is 315 g/mol. The van der Waals surface area contributed by atoms with Gasteiger partial charge in [-0.3, -0.25) is 0 Å². The fourth-order valence-electron chi connectivity index (χ4n) is 2.11. The quantitative estimate of drug-likeness (QED) is 0.571. The van der Waals surface area contributed by atoms with Crippen LogP contribution in [0.25, 0.3) is 6.08 Å². The van der Waals surface area contributed by atoms with Crippen LogP contribution in [-0.4, -0.2) is 43.6 Å². The van der Waals surface area contributed by atoms with Gasteiger partial charge in [0.05, 0.1) is 26.5 Å². The third-order valence-electron chi connectivity index (χ3n) is 3.26. The van der Waals surface area contributed by atoms with E-state index in [1.54, 1.807) is 6.08 Å². The molecule has 0 aliphatic heterocycles. The molecule has 0 aliphatic carbocycles. The molecule has 0 aliphatic rings. The van der Waals surface area contributed by atoms with Crippen LogP contribution in [-0.2, 0) is 0 Å². The molecule has 0 amide bonds. The molecule has 0 fully saturated rings. The third kappa shape index (κ3) is 7.10. The minimum Gasteiger partial charge on any atom is -0.395 e. The Morgan fingerprint density at radius 1 is 1.13 bits per heavy atom. The molecular weight excluding hydrogens is 288 g/mol. The van der Waals surface area contributed by atoms with Gasteiger partial charge in [-0.1, -0.05) is 43.0 Å². The number of nitrogens with zero attached hydrogens (tertiary/aromatic N) is 1. The first kappa shape index (κ1) is 18.9. The zero-order valence-electron chi connectivity index (χ0n) is 13.7. The van der Waals surface area contributed by atoms with Crippen LogP contribution in [0.15, 0.2) is 66.9 Å². The van der Waals surface area contributed by atoms with E-state index in [0.717, 1.165) is 16.8 Å². The number of aliphatic hydroxyl groups is 2. The van der Waals surface area contributed by atoms with Crippen LogP contribution in [0.3, 0.4) is 0 Å². The van der Waals surface area contributed by atoms with E-state index in [0.29, 0.717) is 13.1 Å². The van der Waals surface area contributed by atoms with Gasteiger partial charge in [0, 0.05) is 18.8 Å². The monoisotopic (exact) mass is 315 g/mol. The molecule has 1 aromatic carbocycles. The maximum atomic E-state index is 9.09. The van der Waals surface area contributed by atoms with Gasteiger partial charge < -0.3 is 20.4 Å². The minimum absolute atomic E-state index is 0.0676. The molecule has 0 atom stereocenters. The van der Waals surface area contributed by atoms with Gasteiger partial charge in [0.25, 0.3) is 0 Å². The van der Waals surface area contributed by atoms with E-state index < -0.39 is 0 Å². The van der Waals surface area contributed by atoms with E-state index in [1.807, 2.05) is 72.0 Å². The lowest BCUT2D eigenvalue weighted by molar-refractivity contribution is -0.556. The number of rotatable bonds is 10. The summed E-state index contributed by atoms with van der Waals surface area (Å²) in [6.07, 6.45) is 11.8. The summed E-state index contributed by atoms with van der Waals surface area (Å²) in [4.78, 5) is 1.95. The van der Waals surface area contributed by atoms with Crippen molar-refractivity contribution < 1.29 is 15.5 Å². The number of anilines is 1. The summed E-state index contributed by atoms with van der Waals surface area (Å²) >= 11 is 0. The number of aliphatic hydroxyl groups excluding tert-OH is 2. The Bertz CT molecular complexity index is 539. The first-order valence-corrected chi connectivity index (χ1v) is 7.78. The number of benzene rings is 1. The zero-order valence-corrected chi connectivity index (χ0v) is 13.7. The van der Waals surface area contributed by atoms with Crippen molar-refractivity contribution in [3.05, 3.63) is 72.5 Å². The molecule has 1 rings (SSSR count). The van der Waals surface area contributed by atoms with Gasteiger partial charge in [-0.2, -0.15) is 0 Å². The fraction of sp³-hybridized carbons (Fsp3) is 0.263. The standard InChI is InChI=1S/C19H26N2O2/c1-3-4-17(11-12-20-2)5-6-18-7-9-19(10-8-18)21(13-15-22)14-16-23/h3-12,20,22-23H,1,13-16H2,2H3/p+1/b6-5+,12-11-,17-4-. The van der Waals surface area contributed by atoms with Gasteiger partial charge in [-0.25, -0.2) is 0 Å². The van der Waals surface area contributed by atoms with Crippen LogP contribution < -0.4 is 10.2 Å². The first-order chi connectivity index (χ1) is 11.2. The highest BCUT2D eigenvalue weighted by Crippen LogP contribution is 2.16. The molecule has 0 unspecified atom stereocenters. The SMILES string of the molecule is C=C/C=C(\C=C/[NH2+]C)/C=C/c1ccc(N(CCO)CCO)cc1. The van der Waals surface area contributed by atoms with Crippen molar-refractivity contribution in [1.29, 1.82) is 0 Å². The van der Waals surface area contributed by atoms with Crippen LogP contribution in [0.1, 0.15) is 5.56 Å². The molecule has 124 valence electrons. The number of quaternary nitrogens is 1. The number of hydrogen-bond acceptors (Lipinski definition) is 3. The molecule has 0 spiro atoms. The van der Waals surface area contributed by atoms with Gasteiger partial charge in [0.15, 0.2) is 0 Å². The van der Waals surface area contributed by atoms with Gasteiger partial charge in [0.2, 0.25) is 0 Å². The van der Waals surface area contributed by atoms with Crippen LogP contribution in [0.2, 0.25) is 0 Å². The van der Waals surface area contributed by atoms with Crippen molar-refractivity contribution in [3.63, 3.8) is 0 Å². The molecule has 4 N–H and O–H groups in total. The van der Waals surface area contributed by atoms with Gasteiger partial charge in [-0.05, 0) is 29.3 Å². The fourth-order valence-corrected chi connectivity index (χ4v) is 2.11. The van der Waals surface area contributed by atoms with Gasteiger partial charge in [0.1, 0.15) is 0 Å². The number of allylic oxidation sites excluding steroid dienone is 5. The second-order valence-corrected chi connectivity index (χ2v) is 4.95. The lowest BCUT2D eigenvalue weighted by Crippen LogP contribution is -2.72. The maximum absolute atomic E-state index is 9.09. The highest BCUT2D eigenvalue weighted by molar-refractivity contribution is 5.59. The third-order valence-corrected chi connectivity index (χ3v) is 3.26. The Morgan fingerprint density at radius 2 is 1.78 bits per heavy atom. The lowest BCUT2D eigenvalue weighted by atomic mass is 10.1. The van der Waals surface area contributed by atoms with Crippen LogP contribution >= 0.6 is 0 Å². The number of hydrogen-bond donors (Lipinski definition) is 3. The Balaban J connectivity index is 2.82. The van der Waals surface area contributed by atoms with E-state index >= 15 is 0 Å². The lowest BCUT2D eigenvalue weighted by Gasteiger charge is -2.22. The molecule has 23 heavy (non-hydrogen) atoms. The van der Waals surface area contributed by atoms with Crippen LogP contribution in [0.4, 0.5) is 5.69 Å². The summed E-state index contributed by atoms with van der Waals surface area (Å²) in [5.74, 6) is 0. The second kappa shape index (κ2) is 11.4. The van der Waals surface area contributed by atoms with Crippen molar-refractivity contribution >= 4 is 11.8 Å². The van der Waals surface area contributed by atoms with Crippen molar-refractivity contribution in [2.45, 2.75) is 0 Å². The molecule has 0 bridgehead atoms. The van der Waals surface area contributed by atoms with E-state index in [4.69, 9.17) is 10.2 Å². The summed E-state index contributed by atoms with van der Waals surface area (Å²) in [5.41, 5.74) is 3.16. The van der Waals surface area contributed by atoms with Crippen molar-refractivity contribution in [2.75, 3.05) is 38.3 Å². The molecule has 0 saturated carbocycles. The van der Waals surface area contributed by atoms with E-state index in [9.17, 15) is 0 Å². The van der Waals surface area contributed by atoms with Gasteiger partial charge >= 0.3 is 0 Å². The predicted molar refractivity (Wildman–Crippen MR) is 97.1 cm³/mol. The summed E-state index contributed by atoms with van der Waals surface area (Å²) in [7, 11) is 1.98. The predicted octanol–water partition coefficient (Wildman–Crippen LogP) is 1.31. The Labute approximate surface area is 138 Å². The van der Waals surface area contributed by atoms with E-state index in [2.05, 4.69) is 6.58 Å². The van der Waals surface area contributed by atoms with E-state index in [-0.39, 0.29) is 13.2 Å². The molecule has 0 radical (unpaired) electrons. The highest BCUT2D eigenvalue weighted by atomic mass is 16.3. The van der Waals surface area contributed by atoms with Crippen LogP contribution in [0.5, 0.6) is 0 Å². The molecular formula is C19H27N2O2+. The normalized spacial score (nSPS) is 12.2. The Kier molecular flexibility index (Phi) is 9.40. The molecule has 0 aromatic heterocycles. The van der Waals surface area contributed by atoms with E-state index in [1.165, 1.54) is 0 Å². The maximum Gasteiger partial charge on any atom is 0.0929 e. The Hall–Kier alpha value is -2.14. The van der Waals surface area contributed by atoms with Crippen molar-refractivity contribution in [2.24, 2.45) is 0 Å². The summed E-state index contributed by atoms with van der Waals surface area (Å²) in [5, 5.41) is 20.2. The largest absolute Gasteiger partial charge is 0.395 e. The second-order valence-electron chi connectivity index (χ2n) is 4.95. The molecule has 4 nitrogen and oxygen atoms in total. The topological polar surface area (TPSA) is 60.3 Å². The van der Waals surface area contributed by atoms with Crippen molar-refractivity contribution in [3.8, 4) is 0 Å². The minimum atomic E-state index is 0.0676. The summed E-state index contributed by atoms with van der Waals surface area (Å²) in [6, 6.07) is 8.04. The summed E-state index contributed by atoms with van der Waals surface area (Å²) < 4.78 is 0. The molecule has 1 aromatic rings. The molecule has 0 saturated heterocycles. The number of nitrogens with two attached hydrogens (primary N) is 1. The molecule has 4 heteroatoms.